The summed E-state index contributed by atoms with van der Waals surface area (Å²) in [5.41, 5.74) is 2.76. The number of hydrazine groups is 1. The number of halogens is 1. The zero-order chi connectivity index (χ0) is 18.6. The highest BCUT2D eigenvalue weighted by Gasteiger charge is 2.27. The first-order valence-corrected chi connectivity index (χ1v) is 9.49. The van der Waals surface area contributed by atoms with Crippen molar-refractivity contribution in [3.05, 3.63) is 64.5 Å². The van der Waals surface area contributed by atoms with Crippen molar-refractivity contribution in [2.24, 2.45) is 0 Å². The maximum atomic E-state index is 12.1. The second-order valence-corrected chi connectivity index (χ2v) is 7.36. The van der Waals surface area contributed by atoms with Gasteiger partial charge in [-0.15, -0.1) is 4.83 Å². The van der Waals surface area contributed by atoms with Crippen molar-refractivity contribution >= 4 is 33.6 Å². The standard InChI is InChI=1S/C17H15ClN2O5S/c18-13-7-5-12(6-8-13)9-10-26(22,23)20-19-17(21)16-11-24-14-3-1-2-4-15(14)25-16/h1-10,16,20H,11H2,(H,19,21)/b10-9+/t16-/m0/s1. The third-order valence-corrected chi connectivity index (χ3v) is 4.56. The number of benzene rings is 2. The van der Waals surface area contributed by atoms with Crippen molar-refractivity contribution in [1.82, 2.24) is 10.3 Å². The second kappa shape index (κ2) is 7.77. The molecule has 2 aromatic carbocycles. The molecule has 1 atom stereocenters. The summed E-state index contributed by atoms with van der Waals surface area (Å²) in [6.45, 7) is -0.0226. The molecule has 3 rings (SSSR count). The normalized spacial score (nSPS) is 16.4. The van der Waals surface area contributed by atoms with Crippen LogP contribution in [0.4, 0.5) is 0 Å². The fourth-order valence-corrected chi connectivity index (χ4v) is 2.90. The number of hydrogen-bond acceptors (Lipinski definition) is 5. The minimum atomic E-state index is -3.88. The van der Waals surface area contributed by atoms with E-state index < -0.39 is 22.0 Å². The summed E-state index contributed by atoms with van der Waals surface area (Å²) in [6, 6.07) is 13.5. The van der Waals surface area contributed by atoms with Gasteiger partial charge in [0.1, 0.15) is 6.61 Å². The first-order valence-electron chi connectivity index (χ1n) is 7.57. The Morgan fingerprint density at radius 3 is 2.54 bits per heavy atom. The zero-order valence-electron chi connectivity index (χ0n) is 13.4. The average Bonchev–Trinajstić information content (AvgIpc) is 2.65. The quantitative estimate of drug-likeness (QED) is 0.757. The minimum Gasteiger partial charge on any atom is -0.485 e. The average molecular weight is 395 g/mol. The Morgan fingerprint density at radius 2 is 1.81 bits per heavy atom. The fraction of sp³-hybridized carbons (Fsp3) is 0.118. The maximum Gasteiger partial charge on any atom is 0.279 e. The van der Waals surface area contributed by atoms with E-state index in [-0.39, 0.29) is 6.61 Å². The van der Waals surface area contributed by atoms with Crippen molar-refractivity contribution in [3.63, 3.8) is 0 Å². The van der Waals surface area contributed by atoms with Gasteiger partial charge in [-0.2, -0.15) is 0 Å². The number of sulfonamides is 1. The Labute approximate surface area is 155 Å². The molecule has 0 aromatic heterocycles. The van der Waals surface area contributed by atoms with Crippen molar-refractivity contribution in [2.75, 3.05) is 6.61 Å². The highest BCUT2D eigenvalue weighted by atomic mass is 35.5. The monoisotopic (exact) mass is 394 g/mol. The molecule has 2 aromatic rings. The number of amides is 1. The molecule has 2 N–H and O–H groups in total. The van der Waals surface area contributed by atoms with Crippen LogP contribution in [0, 0.1) is 0 Å². The Kier molecular flexibility index (Phi) is 5.46. The van der Waals surface area contributed by atoms with Crippen LogP contribution in [-0.4, -0.2) is 27.0 Å². The molecule has 7 nitrogen and oxygen atoms in total. The number of nitrogens with one attached hydrogen (secondary N) is 2. The zero-order valence-corrected chi connectivity index (χ0v) is 15.0. The first-order chi connectivity index (χ1) is 12.4. The van der Waals surface area contributed by atoms with Gasteiger partial charge in [0.05, 0.1) is 0 Å². The van der Waals surface area contributed by atoms with Gasteiger partial charge in [-0.3, -0.25) is 10.2 Å². The second-order valence-electron chi connectivity index (χ2n) is 5.35. The number of rotatable bonds is 5. The van der Waals surface area contributed by atoms with Gasteiger partial charge in [0.2, 0.25) is 6.10 Å². The van der Waals surface area contributed by atoms with E-state index in [1.807, 2.05) is 4.83 Å². The lowest BCUT2D eigenvalue weighted by molar-refractivity contribution is -0.130. The summed E-state index contributed by atoms with van der Waals surface area (Å²) in [5.74, 6) is 0.287. The van der Waals surface area contributed by atoms with Gasteiger partial charge in [-0.05, 0) is 35.9 Å². The summed E-state index contributed by atoms with van der Waals surface area (Å²) >= 11 is 5.77. The van der Waals surface area contributed by atoms with Crippen LogP contribution in [0.3, 0.4) is 0 Å². The van der Waals surface area contributed by atoms with Gasteiger partial charge in [-0.1, -0.05) is 35.9 Å². The molecule has 0 saturated carbocycles. The SMILES string of the molecule is O=C(NNS(=O)(=O)/C=C/c1ccc(Cl)cc1)[C@@H]1COc2ccccc2O1. The minimum absolute atomic E-state index is 0.0226. The number of hydrogen-bond donors (Lipinski definition) is 2. The molecule has 26 heavy (non-hydrogen) atoms. The summed E-state index contributed by atoms with van der Waals surface area (Å²) in [7, 11) is -3.88. The molecule has 0 bridgehead atoms. The maximum absolute atomic E-state index is 12.1. The summed E-state index contributed by atoms with van der Waals surface area (Å²) < 4.78 is 34.8. The van der Waals surface area contributed by atoms with E-state index in [1.165, 1.54) is 6.08 Å². The molecule has 0 aliphatic carbocycles. The highest BCUT2D eigenvalue weighted by Crippen LogP contribution is 2.30. The van der Waals surface area contributed by atoms with Gasteiger partial charge in [0.15, 0.2) is 11.5 Å². The van der Waals surface area contributed by atoms with Crippen molar-refractivity contribution in [3.8, 4) is 11.5 Å². The van der Waals surface area contributed by atoms with Crippen molar-refractivity contribution < 1.29 is 22.7 Å². The van der Waals surface area contributed by atoms with E-state index in [1.54, 1.807) is 48.5 Å². The largest absolute Gasteiger partial charge is 0.485 e. The Morgan fingerprint density at radius 1 is 1.12 bits per heavy atom. The molecule has 9 heteroatoms. The van der Waals surface area contributed by atoms with E-state index in [9.17, 15) is 13.2 Å². The lowest BCUT2D eigenvalue weighted by Gasteiger charge is -2.25. The molecular formula is C17H15ClN2O5S. The number of ether oxygens (including phenoxy) is 2. The van der Waals surface area contributed by atoms with Crippen LogP contribution in [0.5, 0.6) is 11.5 Å². The first kappa shape index (κ1) is 18.2. The molecule has 0 spiro atoms. The van der Waals surface area contributed by atoms with Crippen molar-refractivity contribution in [2.45, 2.75) is 6.10 Å². The summed E-state index contributed by atoms with van der Waals surface area (Å²) in [5, 5.41) is 1.48. The third-order valence-electron chi connectivity index (χ3n) is 3.43. The van der Waals surface area contributed by atoms with Crippen LogP contribution in [0.1, 0.15) is 5.56 Å². The molecule has 0 radical (unpaired) electrons. The van der Waals surface area contributed by atoms with Gasteiger partial charge >= 0.3 is 0 Å². The molecule has 0 unspecified atom stereocenters. The number of carbonyl (C=O) groups is 1. The molecule has 1 aliphatic rings. The lowest BCUT2D eigenvalue weighted by Crippen LogP contribution is -2.50. The van der Waals surface area contributed by atoms with Gasteiger partial charge in [0, 0.05) is 10.4 Å². The molecule has 0 saturated heterocycles. The van der Waals surface area contributed by atoms with Gasteiger partial charge in [-0.25, -0.2) is 8.42 Å². The van der Waals surface area contributed by atoms with Crippen LogP contribution in [0.25, 0.3) is 6.08 Å². The number of carbonyl (C=O) groups excluding carboxylic acids is 1. The third kappa shape index (κ3) is 4.75. The van der Waals surface area contributed by atoms with E-state index in [2.05, 4.69) is 5.43 Å². The van der Waals surface area contributed by atoms with E-state index in [0.717, 1.165) is 5.41 Å². The number of fused-ring (bicyclic) bond motifs is 1. The van der Waals surface area contributed by atoms with Crippen LogP contribution < -0.4 is 19.7 Å². The Bertz CT molecular complexity index is 928. The molecular weight excluding hydrogens is 380 g/mol. The smallest absolute Gasteiger partial charge is 0.279 e. The summed E-state index contributed by atoms with van der Waals surface area (Å²) in [6.07, 6.45) is 0.411. The van der Waals surface area contributed by atoms with Gasteiger partial charge < -0.3 is 9.47 Å². The van der Waals surface area contributed by atoms with Crippen LogP contribution >= 0.6 is 11.6 Å². The Balaban J connectivity index is 1.56. The summed E-state index contributed by atoms with van der Waals surface area (Å²) in [4.78, 5) is 14.1. The Hall–Kier alpha value is -2.55. The lowest BCUT2D eigenvalue weighted by atomic mass is 10.2. The number of para-hydroxylation sites is 2. The van der Waals surface area contributed by atoms with Crippen molar-refractivity contribution in [1.29, 1.82) is 0 Å². The van der Waals surface area contributed by atoms with Crippen LogP contribution in [0.2, 0.25) is 5.02 Å². The van der Waals surface area contributed by atoms with E-state index >= 15 is 0 Å². The van der Waals surface area contributed by atoms with E-state index in [0.29, 0.717) is 22.1 Å². The molecule has 1 heterocycles. The predicted octanol–water partition coefficient (Wildman–Crippen LogP) is 2.10. The van der Waals surface area contributed by atoms with Gasteiger partial charge in [0.25, 0.3) is 15.9 Å². The molecule has 1 aliphatic heterocycles. The van der Waals surface area contributed by atoms with E-state index in [4.69, 9.17) is 21.1 Å². The topological polar surface area (TPSA) is 93.7 Å². The fourth-order valence-electron chi connectivity index (χ4n) is 2.13. The highest BCUT2D eigenvalue weighted by molar-refractivity contribution is 7.92. The van der Waals surface area contributed by atoms with Crippen LogP contribution in [0.15, 0.2) is 53.9 Å². The molecule has 1 amide bonds. The molecule has 136 valence electrons. The molecule has 0 fully saturated rings. The van der Waals surface area contributed by atoms with Crippen LogP contribution in [-0.2, 0) is 14.8 Å². The predicted molar refractivity (Wildman–Crippen MR) is 97.0 cm³/mol.